The van der Waals surface area contributed by atoms with Crippen molar-refractivity contribution in [3.8, 4) is 0 Å². The lowest BCUT2D eigenvalue weighted by atomic mass is 9.85. The van der Waals surface area contributed by atoms with Crippen molar-refractivity contribution in [2.75, 3.05) is 11.9 Å². The van der Waals surface area contributed by atoms with Gasteiger partial charge in [0.2, 0.25) is 0 Å². The van der Waals surface area contributed by atoms with Gasteiger partial charge < -0.3 is 4.90 Å². The summed E-state index contributed by atoms with van der Waals surface area (Å²) in [4.78, 5) is 10.7. The highest BCUT2D eigenvalue weighted by Crippen LogP contribution is 2.33. The maximum atomic E-state index is 6.25. The van der Waals surface area contributed by atoms with Crippen molar-refractivity contribution in [2.24, 2.45) is 5.92 Å². The van der Waals surface area contributed by atoms with E-state index in [1.807, 2.05) is 6.92 Å². The first-order valence-electron chi connectivity index (χ1n) is 7.18. The molecule has 6 heteroatoms. The third-order valence-electron chi connectivity index (χ3n) is 4.47. The van der Waals surface area contributed by atoms with Crippen LogP contribution in [-0.2, 0) is 0 Å². The Labute approximate surface area is 124 Å². The zero-order valence-corrected chi connectivity index (χ0v) is 12.9. The van der Waals surface area contributed by atoms with Gasteiger partial charge in [-0.3, -0.25) is 0 Å². The van der Waals surface area contributed by atoms with Gasteiger partial charge in [-0.15, -0.1) is 0 Å². The van der Waals surface area contributed by atoms with E-state index in [2.05, 4.69) is 33.9 Å². The normalized spacial score (nSPS) is 23.2. The number of aromatic nitrogens is 4. The van der Waals surface area contributed by atoms with E-state index in [0.717, 1.165) is 11.4 Å². The van der Waals surface area contributed by atoms with Crippen molar-refractivity contribution in [1.82, 2.24) is 19.6 Å². The first-order valence-corrected chi connectivity index (χ1v) is 7.56. The van der Waals surface area contributed by atoms with Crippen LogP contribution in [-0.4, -0.2) is 32.7 Å². The molecule has 2 atom stereocenters. The fourth-order valence-corrected chi connectivity index (χ4v) is 3.49. The molecule has 0 aliphatic heterocycles. The van der Waals surface area contributed by atoms with E-state index in [1.54, 1.807) is 4.52 Å². The lowest BCUT2D eigenvalue weighted by Crippen LogP contribution is -2.40. The van der Waals surface area contributed by atoms with Crippen LogP contribution in [0.2, 0.25) is 5.15 Å². The van der Waals surface area contributed by atoms with Crippen LogP contribution in [0.25, 0.3) is 5.78 Å². The molecule has 108 valence electrons. The summed E-state index contributed by atoms with van der Waals surface area (Å²) >= 11 is 6.25. The molecule has 2 unspecified atom stereocenters. The monoisotopic (exact) mass is 293 g/mol. The van der Waals surface area contributed by atoms with Crippen molar-refractivity contribution in [1.29, 1.82) is 0 Å². The maximum Gasteiger partial charge on any atom is 0.255 e. The van der Waals surface area contributed by atoms with E-state index in [1.165, 1.54) is 32.0 Å². The lowest BCUT2D eigenvalue weighted by Gasteiger charge is -2.38. The summed E-state index contributed by atoms with van der Waals surface area (Å²) in [6, 6.07) is 0.522. The Bertz CT molecular complexity index is 623. The molecule has 0 saturated heterocycles. The third-order valence-corrected chi connectivity index (χ3v) is 4.84. The quantitative estimate of drug-likeness (QED) is 0.798. The minimum atomic E-state index is 0.510. The number of rotatable bonds is 2. The summed E-state index contributed by atoms with van der Waals surface area (Å²) in [5.41, 5.74) is 0.963. The Hall–Kier alpha value is -1.36. The molecule has 3 rings (SSSR count). The van der Waals surface area contributed by atoms with E-state index in [-0.39, 0.29) is 0 Å². The van der Waals surface area contributed by atoms with Gasteiger partial charge in [0, 0.05) is 18.7 Å². The average Bonchev–Trinajstić information content (AvgIpc) is 2.87. The fourth-order valence-electron chi connectivity index (χ4n) is 3.33. The summed E-state index contributed by atoms with van der Waals surface area (Å²) in [5, 5.41) is 4.81. The molecule has 0 amide bonds. The number of hydrogen-bond donors (Lipinski definition) is 0. The van der Waals surface area contributed by atoms with E-state index in [0.29, 0.717) is 22.9 Å². The van der Waals surface area contributed by atoms with Crippen molar-refractivity contribution in [2.45, 2.75) is 45.6 Å². The highest BCUT2D eigenvalue weighted by atomic mass is 35.5. The molecule has 0 aromatic carbocycles. The van der Waals surface area contributed by atoms with Crippen LogP contribution in [0, 0.1) is 12.8 Å². The van der Waals surface area contributed by atoms with Crippen molar-refractivity contribution in [3.05, 3.63) is 17.0 Å². The Morgan fingerprint density at radius 1 is 1.35 bits per heavy atom. The van der Waals surface area contributed by atoms with E-state index in [4.69, 9.17) is 11.6 Å². The molecule has 0 bridgehead atoms. The van der Waals surface area contributed by atoms with Crippen LogP contribution in [0.5, 0.6) is 0 Å². The second-order valence-corrected chi connectivity index (χ2v) is 6.12. The second-order valence-electron chi connectivity index (χ2n) is 5.76. The predicted octanol–water partition coefficient (Wildman–Crippen LogP) is 3.10. The van der Waals surface area contributed by atoms with Crippen molar-refractivity contribution < 1.29 is 0 Å². The maximum absolute atomic E-state index is 6.25. The molecule has 1 aliphatic rings. The summed E-state index contributed by atoms with van der Waals surface area (Å²) in [6.07, 6.45) is 6.65. The van der Waals surface area contributed by atoms with Crippen LogP contribution in [0.1, 0.15) is 38.2 Å². The molecular weight excluding hydrogens is 274 g/mol. The Balaban J connectivity index is 2.08. The van der Waals surface area contributed by atoms with Crippen molar-refractivity contribution in [3.63, 3.8) is 0 Å². The molecule has 2 aromatic heterocycles. The van der Waals surface area contributed by atoms with Crippen LogP contribution >= 0.6 is 11.6 Å². The van der Waals surface area contributed by atoms with Gasteiger partial charge in [0.1, 0.15) is 17.3 Å². The topological polar surface area (TPSA) is 46.3 Å². The zero-order valence-electron chi connectivity index (χ0n) is 12.2. The number of fused-ring (bicyclic) bond motifs is 1. The van der Waals surface area contributed by atoms with Gasteiger partial charge in [0.25, 0.3) is 5.78 Å². The number of anilines is 1. The van der Waals surface area contributed by atoms with Gasteiger partial charge in [0.15, 0.2) is 0 Å². The second kappa shape index (κ2) is 5.20. The van der Waals surface area contributed by atoms with Gasteiger partial charge in [-0.2, -0.15) is 19.6 Å². The molecule has 20 heavy (non-hydrogen) atoms. The Morgan fingerprint density at radius 3 is 2.85 bits per heavy atom. The summed E-state index contributed by atoms with van der Waals surface area (Å²) < 4.78 is 1.79. The summed E-state index contributed by atoms with van der Waals surface area (Å²) in [6.45, 7) is 4.33. The largest absolute Gasteiger partial charge is 0.356 e. The summed E-state index contributed by atoms with van der Waals surface area (Å²) in [5.74, 6) is 2.25. The standard InChI is InChI=1S/C14H20ClN5/c1-9-6-4-5-7-11(9)19(3)13-10(2)12(15)18-14-16-8-17-20(13)14/h8-9,11H,4-7H2,1-3H3. The molecular formula is C14H20ClN5. The molecule has 2 heterocycles. The smallest absolute Gasteiger partial charge is 0.255 e. The van der Waals surface area contributed by atoms with Crippen LogP contribution < -0.4 is 4.90 Å². The molecule has 0 spiro atoms. The van der Waals surface area contributed by atoms with Gasteiger partial charge in [-0.05, 0) is 25.7 Å². The molecule has 1 fully saturated rings. The van der Waals surface area contributed by atoms with Gasteiger partial charge in [-0.25, -0.2) is 0 Å². The van der Waals surface area contributed by atoms with Gasteiger partial charge in [-0.1, -0.05) is 31.4 Å². The molecule has 5 nitrogen and oxygen atoms in total. The Morgan fingerprint density at radius 2 is 2.10 bits per heavy atom. The van der Waals surface area contributed by atoms with Crippen molar-refractivity contribution >= 4 is 23.2 Å². The SMILES string of the molecule is Cc1c(Cl)nc2ncnn2c1N(C)C1CCCCC1C. The minimum Gasteiger partial charge on any atom is -0.356 e. The first kappa shape index (κ1) is 13.6. The van der Waals surface area contributed by atoms with Crippen LogP contribution in [0.15, 0.2) is 6.33 Å². The molecule has 1 saturated carbocycles. The molecule has 0 radical (unpaired) electrons. The highest BCUT2D eigenvalue weighted by molar-refractivity contribution is 6.30. The van der Waals surface area contributed by atoms with E-state index >= 15 is 0 Å². The third kappa shape index (κ3) is 2.14. The molecule has 2 aromatic rings. The number of halogens is 1. The minimum absolute atomic E-state index is 0.510. The van der Waals surface area contributed by atoms with E-state index < -0.39 is 0 Å². The van der Waals surface area contributed by atoms with Crippen LogP contribution in [0.3, 0.4) is 0 Å². The van der Waals surface area contributed by atoms with Gasteiger partial charge in [0.05, 0.1) is 0 Å². The van der Waals surface area contributed by atoms with E-state index in [9.17, 15) is 0 Å². The molecule has 1 aliphatic carbocycles. The summed E-state index contributed by atoms with van der Waals surface area (Å²) in [7, 11) is 2.13. The lowest BCUT2D eigenvalue weighted by molar-refractivity contribution is 0.319. The predicted molar refractivity (Wildman–Crippen MR) is 80.4 cm³/mol. The highest BCUT2D eigenvalue weighted by Gasteiger charge is 2.28. The van der Waals surface area contributed by atoms with Crippen LogP contribution in [0.4, 0.5) is 5.82 Å². The first-order chi connectivity index (χ1) is 9.59. The van der Waals surface area contributed by atoms with Gasteiger partial charge >= 0.3 is 0 Å². The Kier molecular flexibility index (Phi) is 3.54. The fraction of sp³-hybridized carbons (Fsp3) is 0.643. The average molecular weight is 294 g/mol. The number of nitrogens with zero attached hydrogens (tertiary/aromatic N) is 5. The number of hydrogen-bond acceptors (Lipinski definition) is 4. The zero-order chi connectivity index (χ0) is 14.3. The molecule has 0 N–H and O–H groups in total.